The highest BCUT2D eigenvalue weighted by Crippen LogP contribution is 2.15. The van der Waals surface area contributed by atoms with E-state index < -0.39 is 17.6 Å². The Morgan fingerprint density at radius 2 is 2.07 bits per heavy atom. The van der Waals surface area contributed by atoms with Gasteiger partial charge in [0.05, 0.1) is 0 Å². The second kappa shape index (κ2) is 4.77. The largest absolute Gasteiger partial charge is 0.478 e. The van der Waals surface area contributed by atoms with Crippen LogP contribution in [0.3, 0.4) is 0 Å². The zero-order valence-corrected chi connectivity index (χ0v) is 7.97. The Morgan fingerprint density at radius 1 is 1.57 bits per heavy atom. The number of nitrogens with two attached hydrogens (primary N) is 3. The molecule has 0 spiro atoms. The van der Waals surface area contributed by atoms with Gasteiger partial charge in [-0.05, 0) is 6.42 Å². The van der Waals surface area contributed by atoms with Crippen LogP contribution in [0.2, 0.25) is 0 Å². The van der Waals surface area contributed by atoms with Gasteiger partial charge in [-0.25, -0.2) is 4.79 Å². The molecule has 0 aromatic heterocycles. The second-order valence-corrected chi connectivity index (χ2v) is 3.13. The van der Waals surface area contributed by atoms with Crippen LogP contribution in [0.15, 0.2) is 4.99 Å². The normalized spacial score (nSPS) is 16.8. The maximum Gasteiger partial charge on any atom is 0.351 e. The van der Waals surface area contributed by atoms with Gasteiger partial charge in [-0.1, -0.05) is 6.92 Å². The van der Waals surface area contributed by atoms with Gasteiger partial charge in [0.2, 0.25) is 5.72 Å². The molecule has 0 bridgehead atoms. The molecule has 0 heterocycles. The molecule has 0 amide bonds. The molecule has 82 valence electrons. The number of carboxylic acids is 1. The van der Waals surface area contributed by atoms with Crippen LogP contribution in [-0.4, -0.2) is 34.4 Å². The monoisotopic (exact) mass is 204 g/mol. The average molecular weight is 204 g/mol. The van der Waals surface area contributed by atoms with E-state index in [-0.39, 0.29) is 18.9 Å². The number of rotatable bonds is 5. The molecule has 7 nitrogen and oxygen atoms in total. The molecule has 0 aliphatic carbocycles. The molecule has 2 atom stereocenters. The zero-order chi connectivity index (χ0) is 11.4. The average Bonchev–Trinajstić information content (AvgIpc) is 2.02. The van der Waals surface area contributed by atoms with Gasteiger partial charge in [-0.15, -0.1) is 0 Å². The second-order valence-electron chi connectivity index (χ2n) is 3.13. The summed E-state index contributed by atoms with van der Waals surface area (Å²) >= 11 is 0. The predicted molar refractivity (Wildman–Crippen MR) is 51.2 cm³/mol. The lowest BCUT2D eigenvalue weighted by molar-refractivity contribution is -0.163. The molecule has 7 heteroatoms. The van der Waals surface area contributed by atoms with E-state index in [9.17, 15) is 9.90 Å². The molecule has 0 saturated carbocycles. The molecule has 0 aliphatic rings. The van der Waals surface area contributed by atoms with Gasteiger partial charge in [0.15, 0.2) is 5.96 Å². The minimum absolute atomic E-state index is 0.0758. The molecule has 14 heavy (non-hydrogen) atoms. The molecule has 0 aromatic rings. The van der Waals surface area contributed by atoms with Crippen molar-refractivity contribution in [1.82, 2.24) is 0 Å². The number of carbonyl (C=O) groups is 1. The van der Waals surface area contributed by atoms with Gasteiger partial charge < -0.3 is 21.7 Å². The molecular formula is C7H16N4O3. The standard InChI is InChI=1S/C7H16N4O3/c1-4(2-3-11-6(8)9)7(10,14)5(12)13/h4,14H,2-3,10H2,1H3,(H,12,13)(H4,8,9,11). The van der Waals surface area contributed by atoms with Gasteiger partial charge in [-0.2, -0.15) is 0 Å². The van der Waals surface area contributed by atoms with Crippen LogP contribution in [0.1, 0.15) is 13.3 Å². The summed E-state index contributed by atoms with van der Waals surface area (Å²) in [6.45, 7) is 1.74. The number of guanidine groups is 1. The summed E-state index contributed by atoms with van der Waals surface area (Å²) in [6.07, 6.45) is 0.289. The molecule has 0 aliphatic heterocycles. The Kier molecular flexibility index (Phi) is 4.32. The molecule has 8 N–H and O–H groups in total. The summed E-state index contributed by atoms with van der Waals surface area (Å²) < 4.78 is 0. The fourth-order valence-electron chi connectivity index (χ4n) is 0.818. The van der Waals surface area contributed by atoms with Crippen LogP contribution >= 0.6 is 0 Å². The van der Waals surface area contributed by atoms with Crippen molar-refractivity contribution in [1.29, 1.82) is 0 Å². The first kappa shape index (κ1) is 12.7. The number of aliphatic carboxylic acids is 1. The topological polar surface area (TPSA) is 148 Å². The van der Waals surface area contributed by atoms with Crippen LogP contribution in [0.4, 0.5) is 0 Å². The maximum atomic E-state index is 10.5. The summed E-state index contributed by atoms with van der Waals surface area (Å²) in [5.74, 6) is -2.18. The predicted octanol–water partition coefficient (Wildman–Crippen LogP) is -1.98. The van der Waals surface area contributed by atoms with E-state index in [1.54, 1.807) is 0 Å². The molecule has 0 fully saturated rings. The highest BCUT2D eigenvalue weighted by atomic mass is 16.4. The van der Waals surface area contributed by atoms with Gasteiger partial charge in [0.1, 0.15) is 0 Å². The Hall–Kier alpha value is -1.34. The number of aliphatic hydroxyl groups is 1. The SMILES string of the molecule is CC(CCN=C(N)N)C(N)(O)C(=O)O. The number of carboxylic acid groups (broad SMARTS) is 1. The van der Waals surface area contributed by atoms with Crippen LogP contribution < -0.4 is 17.2 Å². The lowest BCUT2D eigenvalue weighted by atomic mass is 9.95. The quantitative estimate of drug-likeness (QED) is 0.199. The van der Waals surface area contributed by atoms with E-state index in [2.05, 4.69) is 4.99 Å². The van der Waals surface area contributed by atoms with E-state index in [0.29, 0.717) is 0 Å². The zero-order valence-electron chi connectivity index (χ0n) is 7.97. The maximum absolute atomic E-state index is 10.5. The summed E-state index contributed by atoms with van der Waals surface area (Å²) in [5, 5.41) is 17.9. The van der Waals surface area contributed by atoms with Crippen molar-refractivity contribution in [3.8, 4) is 0 Å². The Bertz CT molecular complexity index is 235. The minimum atomic E-state index is -2.24. The fourth-order valence-corrected chi connectivity index (χ4v) is 0.818. The first-order valence-electron chi connectivity index (χ1n) is 4.08. The number of aliphatic imine (C=N–C) groups is 1. The molecule has 0 saturated heterocycles. The first-order chi connectivity index (χ1) is 6.28. The summed E-state index contributed by atoms with van der Waals surface area (Å²) in [4.78, 5) is 14.1. The molecule has 0 radical (unpaired) electrons. The van der Waals surface area contributed by atoms with Crippen LogP contribution in [0.5, 0.6) is 0 Å². The fraction of sp³-hybridized carbons (Fsp3) is 0.714. The Balaban J connectivity index is 4.15. The van der Waals surface area contributed by atoms with Gasteiger partial charge in [0, 0.05) is 12.5 Å². The van der Waals surface area contributed by atoms with Crippen LogP contribution in [0, 0.1) is 5.92 Å². The molecule has 0 aromatic carbocycles. The number of hydrogen-bond acceptors (Lipinski definition) is 4. The number of hydrogen-bond donors (Lipinski definition) is 5. The molecule has 0 rings (SSSR count). The highest BCUT2D eigenvalue weighted by molar-refractivity contribution is 5.76. The van der Waals surface area contributed by atoms with Crippen LogP contribution in [-0.2, 0) is 4.79 Å². The van der Waals surface area contributed by atoms with Crippen molar-refractivity contribution in [2.75, 3.05) is 6.54 Å². The summed E-state index contributed by atoms with van der Waals surface area (Å²) in [7, 11) is 0. The van der Waals surface area contributed by atoms with Crippen molar-refractivity contribution in [2.45, 2.75) is 19.1 Å². The van der Waals surface area contributed by atoms with E-state index in [4.69, 9.17) is 22.3 Å². The van der Waals surface area contributed by atoms with Gasteiger partial charge in [-0.3, -0.25) is 10.7 Å². The van der Waals surface area contributed by atoms with Gasteiger partial charge >= 0.3 is 5.97 Å². The van der Waals surface area contributed by atoms with E-state index >= 15 is 0 Å². The smallest absolute Gasteiger partial charge is 0.351 e. The lowest BCUT2D eigenvalue weighted by Gasteiger charge is -2.24. The third-order valence-electron chi connectivity index (χ3n) is 1.95. The Labute approximate surface area is 81.6 Å². The van der Waals surface area contributed by atoms with Crippen molar-refractivity contribution >= 4 is 11.9 Å². The third kappa shape index (κ3) is 3.58. The van der Waals surface area contributed by atoms with Gasteiger partial charge in [0.25, 0.3) is 0 Å². The lowest BCUT2D eigenvalue weighted by Crippen LogP contribution is -2.53. The van der Waals surface area contributed by atoms with Crippen LogP contribution in [0.25, 0.3) is 0 Å². The minimum Gasteiger partial charge on any atom is -0.478 e. The molecule has 2 unspecified atom stereocenters. The van der Waals surface area contributed by atoms with Crippen molar-refractivity contribution in [2.24, 2.45) is 28.1 Å². The van der Waals surface area contributed by atoms with Crippen molar-refractivity contribution in [3.05, 3.63) is 0 Å². The number of nitrogens with zero attached hydrogens (tertiary/aromatic N) is 1. The van der Waals surface area contributed by atoms with Crippen molar-refractivity contribution in [3.63, 3.8) is 0 Å². The summed E-state index contributed by atoms with van der Waals surface area (Å²) in [5.41, 5.74) is 13.1. The highest BCUT2D eigenvalue weighted by Gasteiger charge is 2.36. The molecular weight excluding hydrogens is 188 g/mol. The Morgan fingerprint density at radius 3 is 2.43 bits per heavy atom. The van der Waals surface area contributed by atoms with E-state index in [0.717, 1.165) is 0 Å². The first-order valence-corrected chi connectivity index (χ1v) is 4.08. The van der Waals surface area contributed by atoms with E-state index in [1.165, 1.54) is 6.92 Å². The third-order valence-corrected chi connectivity index (χ3v) is 1.95. The van der Waals surface area contributed by atoms with E-state index in [1.807, 2.05) is 0 Å². The summed E-state index contributed by atoms with van der Waals surface area (Å²) in [6, 6.07) is 0. The van der Waals surface area contributed by atoms with Crippen molar-refractivity contribution < 1.29 is 15.0 Å².